The second kappa shape index (κ2) is 9.85. The summed E-state index contributed by atoms with van der Waals surface area (Å²) in [6.45, 7) is 6.67. The third-order valence-corrected chi connectivity index (χ3v) is 5.72. The Balaban J connectivity index is 1.36. The van der Waals surface area contributed by atoms with Crippen molar-refractivity contribution in [2.24, 2.45) is 0 Å². The second-order valence-corrected chi connectivity index (χ2v) is 7.78. The fraction of sp³-hybridized carbons (Fsp3) is 0.478. The molecule has 1 aromatic carbocycles. The molecule has 0 spiro atoms. The molecule has 2 saturated heterocycles. The van der Waals surface area contributed by atoms with Gasteiger partial charge in [-0.25, -0.2) is 4.98 Å². The highest BCUT2D eigenvalue weighted by Gasteiger charge is 2.19. The number of benzene rings is 1. The van der Waals surface area contributed by atoms with Gasteiger partial charge in [-0.05, 0) is 55.5 Å². The van der Waals surface area contributed by atoms with Gasteiger partial charge >= 0.3 is 0 Å². The van der Waals surface area contributed by atoms with Gasteiger partial charge in [-0.3, -0.25) is 9.69 Å². The smallest absolute Gasteiger partial charge is 0.259 e. The number of nitrogens with one attached hydrogen (secondary N) is 1. The molecule has 1 aromatic heterocycles. The maximum atomic E-state index is 12.9. The number of hydrogen-bond donors (Lipinski definition) is 1. The molecule has 29 heavy (non-hydrogen) atoms. The van der Waals surface area contributed by atoms with Crippen molar-refractivity contribution in [1.29, 1.82) is 0 Å². The number of morpholine rings is 1. The quantitative estimate of drug-likeness (QED) is 0.815. The number of carbonyl (C=O) groups excluding carboxylic acids is 1. The van der Waals surface area contributed by atoms with Gasteiger partial charge in [0.1, 0.15) is 5.82 Å². The number of pyridine rings is 1. The molecule has 0 bridgehead atoms. The predicted molar refractivity (Wildman–Crippen MR) is 116 cm³/mol. The first-order valence-electron chi connectivity index (χ1n) is 10.7. The molecule has 0 unspecified atom stereocenters. The Bertz CT molecular complexity index is 797. The van der Waals surface area contributed by atoms with Crippen LogP contribution in [0.4, 0.5) is 11.5 Å². The summed E-state index contributed by atoms with van der Waals surface area (Å²) in [5, 5.41) is 3.04. The van der Waals surface area contributed by atoms with E-state index >= 15 is 0 Å². The highest BCUT2D eigenvalue weighted by atomic mass is 16.5. The summed E-state index contributed by atoms with van der Waals surface area (Å²) >= 11 is 0. The number of ether oxygens (including phenoxy) is 1. The number of anilines is 2. The van der Waals surface area contributed by atoms with Crippen LogP contribution in [0.25, 0.3) is 0 Å². The van der Waals surface area contributed by atoms with E-state index in [9.17, 15) is 4.79 Å². The van der Waals surface area contributed by atoms with Gasteiger partial charge < -0.3 is 15.0 Å². The third kappa shape index (κ3) is 5.34. The zero-order chi connectivity index (χ0) is 19.9. The van der Waals surface area contributed by atoms with Crippen molar-refractivity contribution in [3.63, 3.8) is 0 Å². The van der Waals surface area contributed by atoms with Crippen molar-refractivity contribution < 1.29 is 9.53 Å². The molecule has 0 radical (unpaired) electrons. The minimum atomic E-state index is -0.0975. The Hall–Kier alpha value is -2.44. The molecule has 2 fully saturated rings. The van der Waals surface area contributed by atoms with E-state index in [0.29, 0.717) is 5.56 Å². The number of amides is 1. The lowest BCUT2D eigenvalue weighted by atomic mass is 10.1. The first-order valence-corrected chi connectivity index (χ1v) is 10.7. The lowest BCUT2D eigenvalue weighted by molar-refractivity contribution is 0.0384. The van der Waals surface area contributed by atoms with Crippen molar-refractivity contribution in [2.45, 2.75) is 25.7 Å². The largest absolute Gasteiger partial charge is 0.379 e. The molecule has 0 aliphatic carbocycles. The Labute approximate surface area is 172 Å². The first-order chi connectivity index (χ1) is 14.3. The molecule has 2 aliphatic rings. The van der Waals surface area contributed by atoms with Crippen LogP contribution in [0.2, 0.25) is 0 Å². The van der Waals surface area contributed by atoms with Crippen LogP contribution >= 0.6 is 0 Å². The number of piperidine rings is 1. The molecule has 6 heteroatoms. The van der Waals surface area contributed by atoms with Crippen LogP contribution in [-0.2, 0) is 11.2 Å². The monoisotopic (exact) mass is 394 g/mol. The molecule has 154 valence electrons. The van der Waals surface area contributed by atoms with Crippen LogP contribution in [0.1, 0.15) is 35.2 Å². The maximum absolute atomic E-state index is 12.9. The van der Waals surface area contributed by atoms with Crippen LogP contribution < -0.4 is 10.2 Å². The minimum absolute atomic E-state index is 0.0975. The summed E-state index contributed by atoms with van der Waals surface area (Å²) in [5.74, 6) is 0.701. The molecule has 0 saturated carbocycles. The van der Waals surface area contributed by atoms with Crippen molar-refractivity contribution in [3.8, 4) is 0 Å². The van der Waals surface area contributed by atoms with Crippen molar-refractivity contribution in [3.05, 3.63) is 53.7 Å². The molecule has 2 aliphatic heterocycles. The summed E-state index contributed by atoms with van der Waals surface area (Å²) in [4.78, 5) is 22.1. The third-order valence-electron chi connectivity index (χ3n) is 5.72. The number of carbonyl (C=O) groups is 1. The summed E-state index contributed by atoms with van der Waals surface area (Å²) < 4.78 is 5.40. The number of rotatable bonds is 6. The van der Waals surface area contributed by atoms with Crippen LogP contribution in [0.15, 0.2) is 42.6 Å². The SMILES string of the molecule is O=C(Nc1ccc(CCN2CCOCC2)cc1)c1cccnc1N1CCCCC1. The van der Waals surface area contributed by atoms with Gasteiger partial charge in [0.25, 0.3) is 5.91 Å². The summed E-state index contributed by atoms with van der Waals surface area (Å²) in [7, 11) is 0. The fourth-order valence-corrected chi connectivity index (χ4v) is 4.00. The topological polar surface area (TPSA) is 57.7 Å². The van der Waals surface area contributed by atoms with E-state index in [0.717, 1.165) is 76.7 Å². The van der Waals surface area contributed by atoms with Crippen molar-refractivity contribution >= 4 is 17.4 Å². The molecular formula is C23H30N4O2. The van der Waals surface area contributed by atoms with Crippen LogP contribution in [0.5, 0.6) is 0 Å². The number of hydrogen-bond acceptors (Lipinski definition) is 5. The highest BCUT2D eigenvalue weighted by Crippen LogP contribution is 2.23. The predicted octanol–water partition coefficient (Wildman–Crippen LogP) is 3.20. The zero-order valence-electron chi connectivity index (χ0n) is 17.0. The van der Waals surface area contributed by atoms with Crippen molar-refractivity contribution in [2.75, 3.05) is 56.2 Å². The van der Waals surface area contributed by atoms with Gasteiger partial charge in [-0.15, -0.1) is 0 Å². The van der Waals surface area contributed by atoms with E-state index in [1.807, 2.05) is 24.3 Å². The average molecular weight is 395 g/mol. The zero-order valence-corrected chi connectivity index (χ0v) is 17.0. The molecule has 1 amide bonds. The molecule has 4 rings (SSSR count). The lowest BCUT2D eigenvalue weighted by Crippen LogP contribution is -2.37. The lowest BCUT2D eigenvalue weighted by Gasteiger charge is -2.29. The van der Waals surface area contributed by atoms with Crippen LogP contribution in [0, 0.1) is 0 Å². The molecule has 1 N–H and O–H groups in total. The maximum Gasteiger partial charge on any atom is 0.259 e. The summed E-state index contributed by atoms with van der Waals surface area (Å²) in [6.07, 6.45) is 6.34. The van der Waals surface area contributed by atoms with Gasteiger partial charge in [-0.2, -0.15) is 0 Å². The van der Waals surface area contributed by atoms with Crippen molar-refractivity contribution in [1.82, 2.24) is 9.88 Å². The van der Waals surface area contributed by atoms with E-state index < -0.39 is 0 Å². The van der Waals surface area contributed by atoms with Crippen LogP contribution in [-0.4, -0.2) is 61.7 Å². The average Bonchev–Trinajstić information content (AvgIpc) is 2.80. The Morgan fingerprint density at radius 2 is 1.76 bits per heavy atom. The van der Waals surface area contributed by atoms with E-state index in [1.54, 1.807) is 6.20 Å². The fourth-order valence-electron chi connectivity index (χ4n) is 4.00. The van der Waals surface area contributed by atoms with Gasteiger partial charge in [0.15, 0.2) is 0 Å². The molecule has 0 atom stereocenters. The Morgan fingerprint density at radius 1 is 1.00 bits per heavy atom. The van der Waals surface area contributed by atoms with Gasteiger partial charge in [-0.1, -0.05) is 12.1 Å². The van der Waals surface area contributed by atoms with Gasteiger partial charge in [0.2, 0.25) is 0 Å². The van der Waals surface area contributed by atoms with E-state index in [2.05, 4.69) is 32.2 Å². The van der Waals surface area contributed by atoms with Crippen LogP contribution in [0.3, 0.4) is 0 Å². The van der Waals surface area contributed by atoms with E-state index in [4.69, 9.17) is 4.74 Å². The normalized spacial score (nSPS) is 17.9. The number of nitrogens with zero attached hydrogens (tertiary/aromatic N) is 3. The second-order valence-electron chi connectivity index (χ2n) is 7.78. The number of aromatic nitrogens is 1. The van der Waals surface area contributed by atoms with Gasteiger partial charge in [0, 0.05) is 44.6 Å². The van der Waals surface area contributed by atoms with E-state index in [-0.39, 0.29) is 5.91 Å². The molecule has 2 aromatic rings. The summed E-state index contributed by atoms with van der Waals surface area (Å²) in [6, 6.07) is 11.9. The summed E-state index contributed by atoms with van der Waals surface area (Å²) in [5.41, 5.74) is 2.74. The Kier molecular flexibility index (Phi) is 6.75. The highest BCUT2D eigenvalue weighted by molar-refractivity contribution is 6.07. The van der Waals surface area contributed by atoms with E-state index in [1.165, 1.54) is 12.0 Å². The van der Waals surface area contributed by atoms with Gasteiger partial charge in [0.05, 0.1) is 18.8 Å². The Morgan fingerprint density at radius 3 is 2.52 bits per heavy atom. The standard InChI is InChI=1S/C23H30N4O2/c28-23(21-5-4-11-24-22(21)27-12-2-1-3-13-27)25-20-8-6-19(7-9-20)10-14-26-15-17-29-18-16-26/h4-9,11H,1-3,10,12-18H2,(H,25,28). The first kappa shape index (κ1) is 19.9. The molecule has 3 heterocycles. The molecular weight excluding hydrogens is 364 g/mol. The molecule has 6 nitrogen and oxygen atoms in total. The minimum Gasteiger partial charge on any atom is -0.379 e.